The summed E-state index contributed by atoms with van der Waals surface area (Å²) < 4.78 is 6.49. The highest BCUT2D eigenvalue weighted by molar-refractivity contribution is 6.32. The van der Waals surface area contributed by atoms with E-state index in [1.165, 1.54) is 0 Å². The van der Waals surface area contributed by atoms with Crippen LogP contribution in [0, 0.1) is 0 Å². The molecule has 5 rings (SSSR count). The SMILES string of the molecule is CCN(CC)c1ccc2c(=[NH+]c3ccccc3Cl)c3ccc(N(CC)CC)cc3oc2c1.O=C(O)c1ccccc1. The lowest BCUT2D eigenvalue weighted by Crippen LogP contribution is -2.70. The number of carbonyl (C=O) groups is 1. The molecule has 41 heavy (non-hydrogen) atoms. The fourth-order valence-electron chi connectivity index (χ4n) is 4.85. The van der Waals surface area contributed by atoms with Gasteiger partial charge in [0.2, 0.25) is 11.0 Å². The van der Waals surface area contributed by atoms with Crippen LogP contribution in [0.15, 0.2) is 95.4 Å². The Balaban J connectivity index is 0.000000367. The van der Waals surface area contributed by atoms with E-state index in [0.717, 1.165) is 70.5 Å². The van der Waals surface area contributed by atoms with Crippen molar-refractivity contribution in [1.82, 2.24) is 0 Å². The highest BCUT2D eigenvalue weighted by Crippen LogP contribution is 2.26. The normalized spacial score (nSPS) is 10.7. The highest BCUT2D eigenvalue weighted by Gasteiger charge is 2.15. The third-order valence-corrected chi connectivity index (χ3v) is 7.43. The molecule has 4 aromatic carbocycles. The van der Waals surface area contributed by atoms with E-state index in [-0.39, 0.29) is 0 Å². The molecule has 0 bridgehead atoms. The average Bonchev–Trinajstić information content (AvgIpc) is 3.00. The van der Waals surface area contributed by atoms with Crippen molar-refractivity contribution in [2.75, 3.05) is 36.0 Å². The van der Waals surface area contributed by atoms with Gasteiger partial charge in [0.15, 0.2) is 0 Å². The van der Waals surface area contributed by atoms with Gasteiger partial charge in [-0.1, -0.05) is 41.9 Å². The van der Waals surface area contributed by atoms with E-state index in [1.807, 2.05) is 24.3 Å². The van der Waals surface area contributed by atoms with Crippen LogP contribution in [-0.2, 0) is 0 Å². The van der Waals surface area contributed by atoms with E-state index in [1.54, 1.807) is 30.3 Å². The molecule has 0 unspecified atom stereocenters. The van der Waals surface area contributed by atoms with Gasteiger partial charge >= 0.3 is 5.97 Å². The minimum atomic E-state index is -0.879. The molecule has 0 aliphatic carbocycles. The second-order valence-electron chi connectivity index (χ2n) is 9.46. The van der Waals surface area contributed by atoms with Gasteiger partial charge in [-0.05, 0) is 70.2 Å². The first kappa shape index (κ1) is 29.7. The summed E-state index contributed by atoms with van der Waals surface area (Å²) in [6.45, 7) is 12.5. The molecule has 212 valence electrons. The van der Waals surface area contributed by atoms with Crippen LogP contribution in [0.5, 0.6) is 0 Å². The van der Waals surface area contributed by atoms with Crippen molar-refractivity contribution in [3.63, 3.8) is 0 Å². The maximum atomic E-state index is 10.2. The molecule has 7 heteroatoms. The van der Waals surface area contributed by atoms with Crippen LogP contribution in [0.2, 0.25) is 5.02 Å². The molecule has 0 fully saturated rings. The number of para-hydroxylation sites is 1. The first-order valence-electron chi connectivity index (χ1n) is 14.0. The molecule has 0 aliphatic rings. The number of nitrogens with zero attached hydrogens (tertiary/aromatic N) is 2. The van der Waals surface area contributed by atoms with Crippen LogP contribution in [0.4, 0.5) is 17.1 Å². The Labute approximate surface area is 246 Å². The van der Waals surface area contributed by atoms with Gasteiger partial charge in [-0.3, -0.25) is 0 Å². The van der Waals surface area contributed by atoms with Crippen molar-refractivity contribution in [2.45, 2.75) is 27.7 Å². The minimum absolute atomic E-state index is 0.331. The quantitative estimate of drug-likeness (QED) is 0.205. The van der Waals surface area contributed by atoms with Gasteiger partial charge in [0, 0.05) is 55.8 Å². The monoisotopic (exact) mass is 570 g/mol. The number of benzene rings is 4. The Hall–Kier alpha value is -4.29. The van der Waals surface area contributed by atoms with E-state index in [4.69, 9.17) is 21.1 Å². The smallest absolute Gasteiger partial charge is 0.335 e. The fourth-order valence-corrected chi connectivity index (χ4v) is 5.03. The minimum Gasteiger partial charge on any atom is -0.478 e. The molecular formula is C34H37ClN3O3+. The van der Waals surface area contributed by atoms with E-state index >= 15 is 0 Å². The zero-order valence-corrected chi connectivity index (χ0v) is 24.8. The molecule has 0 spiro atoms. The molecule has 1 heterocycles. The summed E-state index contributed by atoms with van der Waals surface area (Å²) in [6.07, 6.45) is 0. The van der Waals surface area contributed by atoms with Crippen LogP contribution < -0.4 is 20.1 Å². The molecule has 0 saturated carbocycles. The maximum Gasteiger partial charge on any atom is 0.335 e. The summed E-state index contributed by atoms with van der Waals surface area (Å²) in [7, 11) is 0. The Morgan fingerprint density at radius 2 is 1.22 bits per heavy atom. The highest BCUT2D eigenvalue weighted by atomic mass is 35.5. The van der Waals surface area contributed by atoms with Crippen molar-refractivity contribution in [2.24, 2.45) is 0 Å². The summed E-state index contributed by atoms with van der Waals surface area (Å²) in [5.74, 6) is -0.879. The van der Waals surface area contributed by atoms with Crippen LogP contribution >= 0.6 is 11.6 Å². The molecule has 6 nitrogen and oxygen atoms in total. The fraction of sp³-hybridized carbons (Fsp3) is 0.235. The second kappa shape index (κ2) is 13.9. The summed E-state index contributed by atoms with van der Waals surface area (Å²) >= 11 is 6.49. The number of anilines is 2. The zero-order valence-electron chi connectivity index (χ0n) is 24.0. The van der Waals surface area contributed by atoms with Crippen LogP contribution in [0.25, 0.3) is 21.9 Å². The van der Waals surface area contributed by atoms with Crippen molar-refractivity contribution in [3.05, 3.63) is 107 Å². The van der Waals surface area contributed by atoms with Gasteiger partial charge in [-0.15, -0.1) is 0 Å². The molecule has 0 saturated heterocycles. The molecular weight excluding hydrogens is 534 g/mol. The number of fused-ring (bicyclic) bond motifs is 2. The van der Waals surface area contributed by atoms with E-state index in [9.17, 15) is 4.79 Å². The molecule has 0 radical (unpaired) electrons. The first-order valence-corrected chi connectivity index (χ1v) is 14.4. The Kier molecular flexibility index (Phi) is 10.0. The Morgan fingerprint density at radius 3 is 1.66 bits per heavy atom. The number of nitrogens with one attached hydrogen (secondary N) is 1. The van der Waals surface area contributed by atoms with Crippen molar-refractivity contribution in [1.29, 1.82) is 0 Å². The number of hydrogen-bond donors (Lipinski definition) is 2. The lowest BCUT2D eigenvalue weighted by Gasteiger charge is -2.21. The zero-order chi connectivity index (χ0) is 29.4. The topological polar surface area (TPSA) is 70.9 Å². The molecule has 2 N–H and O–H groups in total. The van der Waals surface area contributed by atoms with E-state index in [0.29, 0.717) is 10.6 Å². The van der Waals surface area contributed by atoms with Crippen molar-refractivity contribution in [3.8, 4) is 0 Å². The van der Waals surface area contributed by atoms with E-state index < -0.39 is 5.97 Å². The Morgan fingerprint density at radius 1 is 0.732 bits per heavy atom. The van der Waals surface area contributed by atoms with Gasteiger partial charge in [-0.25, -0.2) is 9.79 Å². The molecule has 0 amide bonds. The third-order valence-electron chi connectivity index (χ3n) is 7.10. The van der Waals surface area contributed by atoms with Crippen molar-refractivity contribution < 1.29 is 19.3 Å². The van der Waals surface area contributed by atoms with Gasteiger partial charge in [0.05, 0.1) is 16.3 Å². The number of rotatable bonds is 8. The van der Waals surface area contributed by atoms with Gasteiger partial charge in [-0.2, -0.15) is 0 Å². The van der Waals surface area contributed by atoms with Gasteiger partial charge in [0.25, 0.3) is 0 Å². The summed E-state index contributed by atoms with van der Waals surface area (Å²) in [4.78, 5) is 18.4. The Bertz CT molecular complexity index is 1620. The molecule has 0 aliphatic heterocycles. The number of aromatic carboxylic acids is 1. The van der Waals surface area contributed by atoms with Gasteiger partial charge < -0.3 is 19.3 Å². The van der Waals surface area contributed by atoms with Crippen LogP contribution in [0.3, 0.4) is 0 Å². The molecule has 1 aromatic heterocycles. The number of carboxylic acids is 1. The third kappa shape index (κ3) is 6.90. The first-order chi connectivity index (χ1) is 19.9. The van der Waals surface area contributed by atoms with E-state index in [2.05, 4.69) is 78.9 Å². The second-order valence-corrected chi connectivity index (χ2v) is 9.87. The molecule has 5 aromatic rings. The summed E-state index contributed by atoms with van der Waals surface area (Å²) in [6, 6.07) is 29.0. The maximum absolute atomic E-state index is 10.2. The standard InChI is InChI=1S/C27H30ClN3O.C7H6O2/c1-5-30(6-2)19-13-15-21-25(17-19)32-26-18-20(31(7-3)8-4)14-16-22(26)27(21)29-24-12-10-9-11-23(24)28;8-7(9)6-4-2-1-3-5-6/h9-18H,5-8H2,1-4H3;1-5H,(H,8,9)/p+1. The largest absolute Gasteiger partial charge is 0.478 e. The predicted octanol–water partition coefficient (Wildman–Crippen LogP) is 6.63. The average molecular weight is 571 g/mol. The lowest BCUT2D eigenvalue weighted by atomic mass is 10.1. The molecule has 0 atom stereocenters. The summed E-state index contributed by atoms with van der Waals surface area (Å²) in [5.41, 5.74) is 5.24. The summed E-state index contributed by atoms with van der Waals surface area (Å²) in [5, 5.41) is 12.1. The van der Waals surface area contributed by atoms with Gasteiger partial charge in [0.1, 0.15) is 16.2 Å². The van der Waals surface area contributed by atoms with Crippen LogP contribution in [-0.4, -0.2) is 37.3 Å². The number of carboxylic acid groups (broad SMARTS) is 1. The number of halogens is 1. The predicted molar refractivity (Wildman–Crippen MR) is 169 cm³/mol. The van der Waals surface area contributed by atoms with Crippen LogP contribution in [0.1, 0.15) is 38.1 Å². The van der Waals surface area contributed by atoms with Crippen molar-refractivity contribution >= 4 is 56.6 Å². The lowest BCUT2D eigenvalue weighted by molar-refractivity contribution is -0.399. The number of hydrogen-bond acceptors (Lipinski definition) is 4.